The third kappa shape index (κ3) is 14.8. The van der Waals surface area contributed by atoms with Gasteiger partial charge in [0.05, 0.1) is 73.4 Å². The lowest BCUT2D eigenvalue weighted by Crippen LogP contribution is -2.30. The molecule has 19 rings (SSSR count). The van der Waals surface area contributed by atoms with Crippen LogP contribution in [0.15, 0.2) is 356 Å². The van der Waals surface area contributed by atoms with Crippen molar-refractivity contribution in [1.82, 2.24) is 54.2 Å². The Hall–Kier alpha value is -15.3. The number of fused-ring (bicyclic) bond motifs is 6. The number of carbonyl (C=O) groups excluding carboxylic acids is 2. The van der Waals surface area contributed by atoms with Gasteiger partial charge in [-0.05, 0) is 146 Å². The van der Waals surface area contributed by atoms with Gasteiger partial charge in [0.1, 0.15) is 34.9 Å². The topological polar surface area (TPSA) is 156 Å². The molecule has 558 valence electrons. The highest BCUT2D eigenvalue weighted by atomic mass is 19.1. The number of hydrogen-bond donors (Lipinski definition) is 1. The molecule has 1 N–H and O–H groups in total. The van der Waals surface area contributed by atoms with Gasteiger partial charge >= 0.3 is 0 Å². The molecule has 21 heteroatoms. The summed E-state index contributed by atoms with van der Waals surface area (Å²) in [5.74, 6) is -2.14. The number of benzene rings is 14. The van der Waals surface area contributed by atoms with E-state index in [4.69, 9.17) is 14.6 Å². The zero-order chi connectivity index (χ0) is 77.3. The standard InChI is InChI=1S/C44H29N5.C20H13F2N3.C15H11F2NO2.C14H8F2N2O.FH.H2/c1-2-16-30(17-3-1)47-43(35-22-8-14-28-41(35)48-37-24-10-4-18-31(37)32-19-5-11-25-38(32)48)45-46-44(47)36-23-9-15-29-42(36)49-39-26-12-6-20-33(39)34-21-7-13-27-40(34)49;21-17-12-6-4-10-15(17)19-23-24-20(16-11-5-7-13-18(16)22)25(19)14-8-2-1-3-9-14;16-12-7-3-1-5-10(12)14(19)9-18-15(20)11-6-2-4-8-13(11)17;15-11-7-3-1-5-9(11)13-17-18-14(19-13)10-6-2-4-8-12(10)16;;/h1-29H;1-13H;1-8H,9H2,(H,18,20);1-8H;2*1H. The van der Waals surface area contributed by atoms with Gasteiger partial charge in [-0.15, -0.1) is 30.6 Å². The second-order valence-electron chi connectivity index (χ2n) is 25.7. The Morgan fingerprint density at radius 3 is 0.904 bits per heavy atom. The molecule has 0 saturated heterocycles. The number of halogens is 7. The molecule has 1 amide bonds. The number of ketones is 1. The normalized spacial score (nSPS) is 10.9. The molecule has 0 aliphatic rings. The molecule has 114 heavy (non-hydrogen) atoms. The molecule has 14 nitrogen and oxygen atoms in total. The van der Waals surface area contributed by atoms with E-state index in [1.165, 1.54) is 94.3 Å². The van der Waals surface area contributed by atoms with Crippen LogP contribution in [0.5, 0.6) is 0 Å². The maximum Gasteiger partial charge on any atom is 0.254 e. The van der Waals surface area contributed by atoms with Gasteiger partial charge in [-0.1, -0.05) is 206 Å². The Balaban J connectivity index is 0.000000139. The summed E-state index contributed by atoms with van der Waals surface area (Å²) >= 11 is 0. The first-order valence-corrected chi connectivity index (χ1v) is 35.8. The van der Waals surface area contributed by atoms with Gasteiger partial charge in [-0.3, -0.25) is 23.4 Å². The summed E-state index contributed by atoms with van der Waals surface area (Å²) in [6.45, 7) is -0.395. The third-order valence-electron chi connectivity index (χ3n) is 18.9. The molecule has 0 bridgehead atoms. The van der Waals surface area contributed by atoms with Gasteiger partial charge in [0.2, 0.25) is 0 Å². The molecule has 5 aromatic heterocycles. The van der Waals surface area contributed by atoms with Crippen molar-refractivity contribution in [2.24, 2.45) is 0 Å². The Morgan fingerprint density at radius 2 is 0.553 bits per heavy atom. The molecule has 0 aliphatic carbocycles. The van der Waals surface area contributed by atoms with Gasteiger partial charge < -0.3 is 18.9 Å². The molecular weight excluding hydrogens is 1450 g/mol. The van der Waals surface area contributed by atoms with Crippen molar-refractivity contribution in [2.75, 3.05) is 6.54 Å². The van der Waals surface area contributed by atoms with E-state index in [0.29, 0.717) is 22.8 Å². The van der Waals surface area contributed by atoms with Gasteiger partial charge in [-0.2, -0.15) is 0 Å². The van der Waals surface area contributed by atoms with E-state index in [9.17, 15) is 35.9 Å². The monoisotopic (exact) mass is 1520 g/mol. The van der Waals surface area contributed by atoms with Crippen molar-refractivity contribution < 1.29 is 46.5 Å². The summed E-state index contributed by atoms with van der Waals surface area (Å²) in [5.41, 5.74) is 11.1. The second kappa shape index (κ2) is 33.3. The zero-order valence-corrected chi connectivity index (χ0v) is 60.1. The fourth-order valence-electron chi connectivity index (χ4n) is 13.7. The molecule has 0 fully saturated rings. The van der Waals surface area contributed by atoms with E-state index in [0.717, 1.165) is 79.7 Å². The van der Waals surface area contributed by atoms with Crippen molar-refractivity contribution in [2.45, 2.75) is 0 Å². The number of hydrogen-bond acceptors (Lipinski definition) is 9. The van der Waals surface area contributed by atoms with E-state index >= 15 is 0 Å². The van der Waals surface area contributed by atoms with Crippen LogP contribution in [0, 0.1) is 34.9 Å². The molecule has 19 aromatic rings. The van der Waals surface area contributed by atoms with Crippen LogP contribution in [0.1, 0.15) is 22.1 Å². The SMILES string of the molecule is F.Fc1ccccc1-c1nnc(-c2ccccc2F)n1-c1ccccc1.Fc1ccccc1-c1nnc(-c2ccccc2F)o1.O=C(CNC(=O)c1ccccc1F)c1ccccc1F.[HH].c1ccc(-n2c(-c3ccccc3-n3c4ccccc4c4ccccc43)nnc2-c2ccccc2-n2c3ccccc3c3ccccc32)cc1. The minimum absolute atomic E-state index is 0. The lowest BCUT2D eigenvalue weighted by molar-refractivity contribution is 0.0899. The van der Waals surface area contributed by atoms with Crippen molar-refractivity contribution in [1.29, 1.82) is 0 Å². The van der Waals surface area contributed by atoms with Crippen LogP contribution in [-0.2, 0) is 0 Å². The predicted molar refractivity (Wildman–Crippen MR) is 432 cm³/mol. The maximum absolute atomic E-state index is 14.3. The molecule has 0 spiro atoms. The third-order valence-corrected chi connectivity index (χ3v) is 18.9. The lowest BCUT2D eigenvalue weighted by atomic mass is 10.1. The Morgan fingerprint density at radius 1 is 0.281 bits per heavy atom. The van der Waals surface area contributed by atoms with Gasteiger partial charge in [-0.25, -0.2) is 26.3 Å². The predicted octanol–water partition coefficient (Wildman–Crippen LogP) is 22.3. The van der Waals surface area contributed by atoms with Crippen LogP contribution in [0.4, 0.5) is 31.0 Å². The van der Waals surface area contributed by atoms with Crippen LogP contribution in [0.3, 0.4) is 0 Å². The number of Topliss-reactive ketones (excluding diaryl/α,β-unsaturated/α-hetero) is 1. The van der Waals surface area contributed by atoms with Gasteiger partial charge in [0.25, 0.3) is 17.7 Å². The van der Waals surface area contributed by atoms with Gasteiger partial charge in [0, 0.05) is 45.5 Å². The van der Waals surface area contributed by atoms with Crippen LogP contribution >= 0.6 is 0 Å². The summed E-state index contributed by atoms with van der Waals surface area (Å²) in [5, 5.41) is 32.9. The number of rotatable bonds is 14. The number of carbonyl (C=O) groups is 2. The highest BCUT2D eigenvalue weighted by molar-refractivity contribution is 6.11. The molecule has 0 atom stereocenters. The zero-order valence-electron chi connectivity index (χ0n) is 60.1. The maximum atomic E-state index is 14.3. The number of nitrogens with one attached hydrogen (secondary N) is 1. The lowest BCUT2D eigenvalue weighted by Gasteiger charge is -2.17. The fourth-order valence-corrected chi connectivity index (χ4v) is 13.7. The van der Waals surface area contributed by atoms with E-state index in [1.54, 1.807) is 65.2 Å². The van der Waals surface area contributed by atoms with E-state index in [-0.39, 0.29) is 40.2 Å². The highest BCUT2D eigenvalue weighted by Crippen LogP contribution is 2.41. The van der Waals surface area contributed by atoms with E-state index < -0.39 is 53.1 Å². The number of para-hydroxylation sites is 8. The Bertz CT molecular complexity index is 6240. The van der Waals surface area contributed by atoms with E-state index in [1.807, 2.05) is 36.4 Å². The van der Waals surface area contributed by atoms with Crippen molar-refractivity contribution in [3.05, 3.63) is 398 Å². The first-order valence-electron chi connectivity index (χ1n) is 35.8. The first kappa shape index (κ1) is 74.2. The molecule has 0 unspecified atom stereocenters. The molecule has 5 heterocycles. The number of aromatic nitrogens is 10. The summed E-state index contributed by atoms with van der Waals surface area (Å²) < 4.78 is 96.3. The fraction of sp³-hybridized carbons (Fsp3) is 0.0108. The minimum atomic E-state index is -0.715. The summed E-state index contributed by atoms with van der Waals surface area (Å²) in [4.78, 5) is 23.4. The van der Waals surface area contributed by atoms with Crippen molar-refractivity contribution in [3.63, 3.8) is 0 Å². The Kier molecular flexibility index (Phi) is 21.7. The molecule has 14 aromatic carbocycles. The van der Waals surface area contributed by atoms with Crippen LogP contribution in [0.25, 0.3) is 135 Å². The largest absolute Gasteiger partial charge is 0.416 e. The van der Waals surface area contributed by atoms with Crippen LogP contribution in [-0.4, -0.2) is 67.1 Å². The molecular formula is C93H64F7N11O3. The summed E-state index contributed by atoms with van der Waals surface area (Å²) in [6.07, 6.45) is 0. The molecule has 0 aliphatic heterocycles. The number of amides is 1. The second-order valence-corrected chi connectivity index (χ2v) is 25.7. The number of nitrogens with zero attached hydrogens (tertiary/aromatic N) is 10. The smallest absolute Gasteiger partial charge is 0.254 e. The quantitative estimate of drug-likeness (QED) is 0.0827. The van der Waals surface area contributed by atoms with E-state index in [2.05, 4.69) is 209 Å². The first-order chi connectivity index (χ1) is 55.5. The minimum Gasteiger partial charge on any atom is -0.416 e. The van der Waals surface area contributed by atoms with Gasteiger partial charge in [0.15, 0.2) is 29.1 Å². The summed E-state index contributed by atoms with van der Waals surface area (Å²) in [7, 11) is 0. The molecule has 0 radical (unpaired) electrons. The van der Waals surface area contributed by atoms with Crippen molar-refractivity contribution >= 4 is 55.3 Å². The highest BCUT2D eigenvalue weighted by Gasteiger charge is 2.27. The average molecular weight is 1520 g/mol. The Labute approximate surface area is 648 Å². The molecule has 0 saturated carbocycles. The average Bonchev–Trinajstić information content (AvgIpc) is 1.58. The van der Waals surface area contributed by atoms with Crippen LogP contribution < -0.4 is 5.32 Å². The van der Waals surface area contributed by atoms with Crippen molar-refractivity contribution in [3.8, 4) is 91.2 Å². The van der Waals surface area contributed by atoms with Crippen LogP contribution in [0.2, 0.25) is 0 Å². The summed E-state index contributed by atoms with van der Waals surface area (Å²) in [6, 6.07) is 107.